The average molecular weight is 521 g/mol. The Labute approximate surface area is 226 Å². The van der Waals surface area contributed by atoms with Crippen molar-refractivity contribution in [2.45, 2.75) is 26.7 Å². The van der Waals surface area contributed by atoms with E-state index < -0.39 is 0 Å². The highest BCUT2D eigenvalue weighted by Gasteiger charge is 2.34. The zero-order chi connectivity index (χ0) is 27.4. The minimum absolute atomic E-state index is 0.185. The second-order valence-electron chi connectivity index (χ2n) is 9.34. The quantitative estimate of drug-likeness (QED) is 0.246. The fourth-order valence-electron chi connectivity index (χ4n) is 4.33. The van der Waals surface area contributed by atoms with Gasteiger partial charge in [-0.25, -0.2) is 9.97 Å². The molecule has 0 saturated heterocycles. The number of anilines is 5. The van der Waals surface area contributed by atoms with Crippen LogP contribution < -0.4 is 16.0 Å². The van der Waals surface area contributed by atoms with Crippen molar-refractivity contribution in [1.29, 1.82) is 0 Å². The van der Waals surface area contributed by atoms with Crippen molar-refractivity contribution in [1.82, 2.24) is 14.9 Å². The van der Waals surface area contributed by atoms with Crippen LogP contribution in [0.25, 0.3) is 0 Å². The van der Waals surface area contributed by atoms with E-state index >= 15 is 0 Å². The highest BCUT2D eigenvalue weighted by Crippen LogP contribution is 2.24. The summed E-state index contributed by atoms with van der Waals surface area (Å²) >= 11 is 0. The first-order valence-corrected chi connectivity index (χ1v) is 12.7. The number of aromatic nitrogens is 2. The minimum atomic E-state index is -0.309. The Balaban J connectivity index is 1.12. The first-order valence-electron chi connectivity index (χ1n) is 12.7. The lowest BCUT2D eigenvalue weighted by molar-refractivity contribution is -0.116. The lowest BCUT2D eigenvalue weighted by Gasteiger charge is -2.13. The topological polar surface area (TPSA) is 116 Å². The van der Waals surface area contributed by atoms with Gasteiger partial charge in [-0.05, 0) is 68.8 Å². The number of amides is 3. The van der Waals surface area contributed by atoms with Crippen LogP contribution in [0.3, 0.4) is 0 Å². The molecule has 0 fully saturated rings. The van der Waals surface area contributed by atoms with Crippen molar-refractivity contribution in [2.24, 2.45) is 0 Å². The lowest BCUT2D eigenvalue weighted by atomic mass is 10.1. The van der Waals surface area contributed by atoms with Crippen molar-refractivity contribution in [3.8, 4) is 0 Å². The van der Waals surface area contributed by atoms with E-state index in [-0.39, 0.29) is 30.7 Å². The van der Waals surface area contributed by atoms with Gasteiger partial charge in [0.15, 0.2) is 0 Å². The Morgan fingerprint density at radius 1 is 0.744 bits per heavy atom. The van der Waals surface area contributed by atoms with Gasteiger partial charge in [0.2, 0.25) is 5.91 Å². The number of hydrogen-bond donors (Lipinski definition) is 3. The number of carbonyl (C=O) groups excluding carboxylic acids is 3. The second kappa shape index (κ2) is 11.1. The first-order chi connectivity index (χ1) is 18.9. The molecule has 1 aromatic heterocycles. The number of imide groups is 1. The van der Waals surface area contributed by atoms with Gasteiger partial charge in [-0.1, -0.05) is 29.8 Å². The van der Waals surface area contributed by atoms with E-state index in [1.165, 1.54) is 10.5 Å². The van der Waals surface area contributed by atoms with Crippen molar-refractivity contribution < 1.29 is 14.4 Å². The molecule has 3 amide bonds. The molecule has 0 unspecified atom stereocenters. The van der Waals surface area contributed by atoms with Gasteiger partial charge in [-0.15, -0.1) is 0 Å². The SMILES string of the molecule is Cc1ccc(Nc2cc(Nc3ccc(NC(=O)CCCN4C(=O)c5ccccc5C4=O)cc3)nc(C)n2)cc1. The van der Waals surface area contributed by atoms with E-state index in [1.807, 2.05) is 56.3 Å². The van der Waals surface area contributed by atoms with Gasteiger partial charge in [0.25, 0.3) is 11.8 Å². The fraction of sp³-hybridized carbons (Fsp3) is 0.167. The third-order valence-electron chi connectivity index (χ3n) is 6.27. The predicted octanol–water partition coefficient (Wildman–Crippen LogP) is 5.60. The van der Waals surface area contributed by atoms with E-state index in [4.69, 9.17) is 0 Å². The van der Waals surface area contributed by atoms with Gasteiger partial charge in [-0.2, -0.15) is 0 Å². The molecule has 0 spiro atoms. The van der Waals surface area contributed by atoms with E-state index in [9.17, 15) is 14.4 Å². The van der Waals surface area contributed by atoms with Gasteiger partial charge in [0, 0.05) is 36.1 Å². The number of benzene rings is 3. The summed E-state index contributed by atoms with van der Waals surface area (Å²) in [6.45, 7) is 4.07. The fourth-order valence-corrected chi connectivity index (χ4v) is 4.33. The zero-order valence-corrected chi connectivity index (χ0v) is 21.7. The zero-order valence-electron chi connectivity index (χ0n) is 21.7. The molecule has 3 aromatic carbocycles. The molecular weight excluding hydrogens is 492 g/mol. The highest BCUT2D eigenvalue weighted by atomic mass is 16.2. The Bertz CT molecular complexity index is 1500. The molecule has 0 aliphatic carbocycles. The standard InChI is InChI=1S/C30H28N6O3/c1-19-9-11-21(12-10-19)33-26-18-27(32-20(2)31-26)34-22-13-15-23(16-14-22)35-28(37)8-5-17-36-29(38)24-6-3-4-7-25(24)30(36)39/h3-4,6-7,9-16,18H,5,8,17H2,1-2H3,(H,35,37)(H2,31,32,33,34). The molecule has 0 atom stereocenters. The summed E-state index contributed by atoms with van der Waals surface area (Å²) in [4.78, 5) is 47.5. The number of aryl methyl sites for hydroxylation is 2. The molecular formula is C30H28N6O3. The Kier molecular flexibility index (Phi) is 7.31. The molecule has 1 aliphatic heterocycles. The van der Waals surface area contributed by atoms with Gasteiger partial charge in [-0.3, -0.25) is 19.3 Å². The summed E-state index contributed by atoms with van der Waals surface area (Å²) in [5.74, 6) is 1.14. The Morgan fingerprint density at radius 3 is 1.82 bits per heavy atom. The summed E-state index contributed by atoms with van der Waals surface area (Å²) in [5, 5.41) is 9.42. The smallest absolute Gasteiger partial charge is 0.261 e. The maximum absolute atomic E-state index is 12.5. The largest absolute Gasteiger partial charge is 0.340 e. The first kappa shape index (κ1) is 25.6. The van der Waals surface area contributed by atoms with E-state index in [0.29, 0.717) is 40.7 Å². The molecule has 2 heterocycles. The maximum atomic E-state index is 12.5. The van der Waals surface area contributed by atoms with Crippen LogP contribution in [0, 0.1) is 13.8 Å². The Morgan fingerprint density at radius 2 is 1.26 bits per heavy atom. The van der Waals surface area contributed by atoms with E-state index in [0.717, 1.165) is 11.4 Å². The molecule has 1 aliphatic rings. The summed E-state index contributed by atoms with van der Waals surface area (Å²) < 4.78 is 0. The molecule has 3 N–H and O–H groups in total. The van der Waals surface area contributed by atoms with Gasteiger partial charge in [0.05, 0.1) is 11.1 Å². The normalized spacial score (nSPS) is 12.3. The average Bonchev–Trinajstić information content (AvgIpc) is 3.16. The highest BCUT2D eigenvalue weighted by molar-refractivity contribution is 6.21. The Hall–Kier alpha value is -5.05. The van der Waals surface area contributed by atoms with Crippen LogP contribution >= 0.6 is 0 Å². The molecule has 39 heavy (non-hydrogen) atoms. The third kappa shape index (κ3) is 6.10. The van der Waals surface area contributed by atoms with Gasteiger partial charge < -0.3 is 16.0 Å². The number of nitrogens with one attached hydrogen (secondary N) is 3. The molecule has 5 rings (SSSR count). The van der Waals surface area contributed by atoms with Gasteiger partial charge in [0.1, 0.15) is 17.5 Å². The molecule has 9 nitrogen and oxygen atoms in total. The van der Waals surface area contributed by atoms with Crippen LogP contribution in [0.5, 0.6) is 0 Å². The second-order valence-corrected chi connectivity index (χ2v) is 9.34. The summed E-state index contributed by atoms with van der Waals surface area (Å²) in [7, 11) is 0. The molecule has 4 aromatic rings. The number of fused-ring (bicyclic) bond motifs is 1. The van der Waals surface area contributed by atoms with Crippen molar-refractivity contribution in [2.75, 3.05) is 22.5 Å². The van der Waals surface area contributed by atoms with Crippen molar-refractivity contribution >= 4 is 46.4 Å². The number of carbonyl (C=O) groups is 3. The third-order valence-corrected chi connectivity index (χ3v) is 6.27. The van der Waals surface area contributed by atoms with Crippen LogP contribution in [-0.4, -0.2) is 39.1 Å². The van der Waals surface area contributed by atoms with Crippen LogP contribution in [0.4, 0.5) is 28.7 Å². The molecule has 0 bridgehead atoms. The maximum Gasteiger partial charge on any atom is 0.261 e. The van der Waals surface area contributed by atoms with Crippen LogP contribution in [0.1, 0.15) is 44.9 Å². The number of nitrogens with zero attached hydrogens (tertiary/aromatic N) is 3. The van der Waals surface area contributed by atoms with Crippen molar-refractivity contribution in [3.05, 3.63) is 101 Å². The number of rotatable bonds is 9. The molecule has 0 radical (unpaired) electrons. The minimum Gasteiger partial charge on any atom is -0.340 e. The predicted molar refractivity (Wildman–Crippen MR) is 151 cm³/mol. The molecule has 196 valence electrons. The van der Waals surface area contributed by atoms with E-state index in [2.05, 4.69) is 25.9 Å². The van der Waals surface area contributed by atoms with Crippen LogP contribution in [0.2, 0.25) is 0 Å². The van der Waals surface area contributed by atoms with Crippen molar-refractivity contribution in [3.63, 3.8) is 0 Å². The number of hydrogen-bond acceptors (Lipinski definition) is 7. The monoisotopic (exact) mass is 520 g/mol. The summed E-state index contributed by atoms with van der Waals surface area (Å²) in [6, 6.07) is 23.9. The van der Waals surface area contributed by atoms with Crippen LogP contribution in [-0.2, 0) is 4.79 Å². The van der Waals surface area contributed by atoms with Gasteiger partial charge >= 0.3 is 0 Å². The van der Waals surface area contributed by atoms with E-state index in [1.54, 1.807) is 36.4 Å². The van der Waals surface area contributed by atoms with Crippen LogP contribution in [0.15, 0.2) is 78.9 Å². The molecule has 0 saturated carbocycles. The molecule has 9 heteroatoms. The lowest BCUT2D eigenvalue weighted by Crippen LogP contribution is -2.31. The summed E-state index contributed by atoms with van der Waals surface area (Å²) in [5.41, 5.74) is 4.40. The summed E-state index contributed by atoms with van der Waals surface area (Å²) in [6.07, 6.45) is 0.563.